The van der Waals surface area contributed by atoms with E-state index in [9.17, 15) is 0 Å². The summed E-state index contributed by atoms with van der Waals surface area (Å²) in [6.07, 6.45) is 0. The fourth-order valence-corrected chi connectivity index (χ4v) is 2.15. The van der Waals surface area contributed by atoms with Crippen molar-refractivity contribution in [2.75, 3.05) is 0 Å². The molecule has 0 saturated heterocycles. The maximum atomic E-state index is 2.17. The molecule has 1 rings (SSSR count). The predicted molar refractivity (Wildman–Crippen MR) is 34.4 cm³/mol. The second kappa shape index (κ2) is 2.26. The van der Waals surface area contributed by atoms with Crippen LogP contribution in [-0.4, -0.2) is 25.8 Å². The van der Waals surface area contributed by atoms with Crippen LogP contribution in [0.4, 0.5) is 0 Å². The summed E-state index contributed by atoms with van der Waals surface area (Å²) in [6.45, 7) is 2.17. The van der Waals surface area contributed by atoms with E-state index in [0.29, 0.717) is 0 Å². The Kier molecular flexibility index (Phi) is 1.86. The normalized spacial score (nSPS) is 9.43. The molecule has 1 aromatic heterocycles. The molecular formula is C5H5PbS. The first-order chi connectivity index (χ1) is 3.30. The van der Waals surface area contributed by atoms with Crippen molar-refractivity contribution in [3.8, 4) is 0 Å². The summed E-state index contributed by atoms with van der Waals surface area (Å²) in [5.41, 5.74) is 1.47. The van der Waals surface area contributed by atoms with Crippen molar-refractivity contribution in [2.45, 2.75) is 6.92 Å². The molecule has 35 valence electrons. The van der Waals surface area contributed by atoms with Crippen LogP contribution in [0.5, 0.6) is 0 Å². The van der Waals surface area contributed by atoms with Crippen LogP contribution in [0.25, 0.3) is 0 Å². The molecule has 0 N–H and O–H groups in total. The Morgan fingerprint density at radius 1 is 1.71 bits per heavy atom. The van der Waals surface area contributed by atoms with Gasteiger partial charge in [-0.3, -0.25) is 0 Å². The van der Waals surface area contributed by atoms with Gasteiger partial charge in [-0.15, -0.1) is 0 Å². The van der Waals surface area contributed by atoms with E-state index in [-0.39, 0.29) is 0 Å². The molecular weight excluding hydrogens is 299 g/mol. The molecule has 0 nitrogen and oxygen atoms in total. The van der Waals surface area contributed by atoms with E-state index < -0.39 is 0 Å². The van der Waals surface area contributed by atoms with Crippen LogP contribution in [0.3, 0.4) is 0 Å². The van der Waals surface area contributed by atoms with Crippen molar-refractivity contribution < 1.29 is 0 Å². The first-order valence-corrected chi connectivity index (χ1v) is 4.89. The van der Waals surface area contributed by atoms with Crippen LogP contribution in [0, 0.1) is 6.92 Å². The fourth-order valence-electron chi connectivity index (χ4n) is 0.373. The van der Waals surface area contributed by atoms with Gasteiger partial charge in [0.05, 0.1) is 0 Å². The fraction of sp³-hybridized carbons (Fsp3) is 0.200. The van der Waals surface area contributed by atoms with Crippen LogP contribution in [0.15, 0.2) is 11.4 Å². The van der Waals surface area contributed by atoms with Gasteiger partial charge in [0.25, 0.3) is 0 Å². The summed E-state index contributed by atoms with van der Waals surface area (Å²) in [7, 11) is 0. The van der Waals surface area contributed by atoms with Gasteiger partial charge in [-0.25, -0.2) is 0 Å². The standard InChI is InChI=1S/C5H5S.Pb/c1-5-2-3-6-4-5;/h2-3H,1H3;. The minimum atomic E-state index is 1.22. The van der Waals surface area contributed by atoms with E-state index in [2.05, 4.69) is 18.4 Å². The molecule has 0 amide bonds. The molecule has 3 radical (unpaired) electrons. The first kappa shape index (κ1) is 5.75. The van der Waals surface area contributed by atoms with Crippen LogP contribution in [0.1, 0.15) is 5.56 Å². The van der Waals surface area contributed by atoms with Crippen LogP contribution in [-0.2, 0) is 0 Å². The van der Waals surface area contributed by atoms with Crippen molar-refractivity contribution in [1.82, 2.24) is 0 Å². The van der Waals surface area contributed by atoms with Gasteiger partial charge in [0.2, 0.25) is 0 Å². The third kappa shape index (κ3) is 1.25. The Bertz CT molecular complexity index is 140. The van der Waals surface area contributed by atoms with Crippen molar-refractivity contribution in [1.29, 1.82) is 0 Å². The van der Waals surface area contributed by atoms with Gasteiger partial charge in [-0.05, 0) is 0 Å². The van der Waals surface area contributed by atoms with Crippen molar-refractivity contribution >= 4 is 39.5 Å². The predicted octanol–water partition coefficient (Wildman–Crippen LogP) is 0.850. The monoisotopic (exact) mass is 305 g/mol. The molecule has 2 heteroatoms. The van der Waals surface area contributed by atoms with E-state index in [1.54, 1.807) is 2.44 Å². The minimum absolute atomic E-state index is 1.22. The molecule has 0 aromatic carbocycles. The van der Waals surface area contributed by atoms with E-state index >= 15 is 0 Å². The Morgan fingerprint density at radius 3 is 2.57 bits per heavy atom. The molecule has 1 aromatic rings. The molecule has 0 aliphatic heterocycles. The zero-order valence-corrected chi connectivity index (χ0v) is 8.77. The van der Waals surface area contributed by atoms with Gasteiger partial charge in [0.1, 0.15) is 0 Å². The number of hydrogen-bond acceptors (Lipinski definition) is 1. The Labute approximate surface area is 63.2 Å². The maximum absolute atomic E-state index is 2.17. The molecule has 0 bridgehead atoms. The van der Waals surface area contributed by atoms with Gasteiger partial charge >= 0.3 is 63.5 Å². The van der Waals surface area contributed by atoms with Crippen LogP contribution < -0.4 is 2.44 Å². The van der Waals surface area contributed by atoms with Gasteiger partial charge in [-0.1, -0.05) is 0 Å². The number of hydrogen-bond donors (Lipinski definition) is 0. The summed E-state index contributed by atoms with van der Waals surface area (Å²) in [5, 5.41) is 2.15. The second-order valence-corrected chi connectivity index (χ2v) is 5.70. The third-order valence-corrected chi connectivity index (χ3v) is 4.60. The number of aryl methyl sites for hydroxylation is 1. The van der Waals surface area contributed by atoms with Crippen molar-refractivity contribution in [2.24, 2.45) is 0 Å². The molecule has 0 fully saturated rings. The van der Waals surface area contributed by atoms with E-state index in [1.165, 1.54) is 31.3 Å². The van der Waals surface area contributed by atoms with Gasteiger partial charge in [0, 0.05) is 0 Å². The average Bonchev–Trinajstić information content (AvgIpc) is 1.91. The Balaban J connectivity index is 3.12. The van der Waals surface area contributed by atoms with Crippen LogP contribution in [0.2, 0.25) is 0 Å². The van der Waals surface area contributed by atoms with E-state index in [0.717, 1.165) is 0 Å². The second-order valence-electron chi connectivity index (χ2n) is 1.43. The molecule has 7 heavy (non-hydrogen) atoms. The Hall–Kier alpha value is 0.622. The molecule has 0 unspecified atom stereocenters. The average molecular weight is 304 g/mol. The summed E-state index contributed by atoms with van der Waals surface area (Å²) >= 11 is 3.08. The van der Waals surface area contributed by atoms with Crippen molar-refractivity contribution in [3.63, 3.8) is 0 Å². The summed E-state index contributed by atoms with van der Waals surface area (Å²) in [5.74, 6) is 0. The summed E-state index contributed by atoms with van der Waals surface area (Å²) in [4.78, 5) is 0. The Morgan fingerprint density at radius 2 is 2.43 bits per heavy atom. The quantitative estimate of drug-likeness (QED) is 0.624. The van der Waals surface area contributed by atoms with Gasteiger partial charge in [-0.2, -0.15) is 0 Å². The molecule has 0 saturated carbocycles. The summed E-state index contributed by atoms with van der Waals surface area (Å²) in [6, 6.07) is 2.17. The molecule has 0 spiro atoms. The summed E-state index contributed by atoms with van der Waals surface area (Å²) < 4.78 is 1.57. The SMILES string of the molecule is Cc1ccs[c]1[Pb]. The van der Waals surface area contributed by atoms with Crippen LogP contribution >= 0.6 is 11.3 Å². The van der Waals surface area contributed by atoms with E-state index in [1.807, 2.05) is 11.3 Å². The van der Waals surface area contributed by atoms with E-state index in [4.69, 9.17) is 0 Å². The topological polar surface area (TPSA) is 0 Å². The number of rotatable bonds is 0. The molecule has 0 atom stereocenters. The number of thiophene rings is 1. The van der Waals surface area contributed by atoms with Gasteiger partial charge < -0.3 is 0 Å². The third-order valence-electron chi connectivity index (χ3n) is 0.862. The molecule has 0 aliphatic carbocycles. The molecule has 0 aliphatic rings. The van der Waals surface area contributed by atoms with Crippen molar-refractivity contribution in [3.05, 3.63) is 17.0 Å². The zero-order chi connectivity index (χ0) is 5.28. The van der Waals surface area contributed by atoms with Gasteiger partial charge in [0.15, 0.2) is 0 Å². The zero-order valence-electron chi connectivity index (χ0n) is 4.06. The molecule has 1 heterocycles. The first-order valence-electron chi connectivity index (χ1n) is 2.06.